The van der Waals surface area contributed by atoms with Gasteiger partial charge in [0.25, 0.3) is 0 Å². The molecule has 6 rings (SSSR count). The molecule has 0 N–H and O–H groups in total. The van der Waals surface area contributed by atoms with Gasteiger partial charge in [-0.2, -0.15) is 0 Å². The van der Waals surface area contributed by atoms with Crippen LogP contribution in [-0.4, -0.2) is 5.97 Å². The first-order valence-electron chi connectivity index (χ1n) is 12.5. The third-order valence-corrected chi connectivity index (χ3v) is 6.87. The van der Waals surface area contributed by atoms with Crippen molar-refractivity contribution in [3.8, 4) is 5.75 Å². The Morgan fingerprint density at radius 1 is 0.579 bits per heavy atom. The van der Waals surface area contributed by atoms with Gasteiger partial charge in [0.15, 0.2) is 0 Å². The van der Waals surface area contributed by atoms with E-state index in [1.54, 1.807) is 24.3 Å². The van der Waals surface area contributed by atoms with Crippen LogP contribution >= 0.6 is 0 Å². The van der Waals surface area contributed by atoms with Gasteiger partial charge < -0.3 is 9.15 Å². The number of carbonyl (C=O) groups is 1. The van der Waals surface area contributed by atoms with E-state index in [0.29, 0.717) is 16.7 Å². The van der Waals surface area contributed by atoms with Crippen molar-refractivity contribution in [1.82, 2.24) is 0 Å². The van der Waals surface area contributed by atoms with E-state index in [1.165, 1.54) is 0 Å². The summed E-state index contributed by atoms with van der Waals surface area (Å²) in [4.78, 5) is 26.6. The number of rotatable bonds is 6. The Morgan fingerprint density at radius 2 is 1.11 bits per heavy atom. The monoisotopic (exact) mass is 496 g/mol. The fourth-order valence-electron chi connectivity index (χ4n) is 5.13. The highest BCUT2D eigenvalue weighted by atomic mass is 16.5. The highest BCUT2D eigenvalue weighted by molar-refractivity contribution is 6.04. The minimum Gasteiger partial charge on any atom is -0.426 e. The predicted octanol–water partition coefficient (Wildman–Crippen LogP) is 7.47. The highest BCUT2D eigenvalue weighted by Gasteiger charge is 2.34. The normalized spacial score (nSPS) is 12.0. The molecule has 4 nitrogen and oxygen atoms in total. The molecule has 0 amide bonds. The SMILES string of the molecule is O=C(Oc1ccc2c(c1)oc(=O)c1ccccc12)[C@@H](c1ccccc1)C(c1ccccc1)c1ccccc1. The van der Waals surface area contributed by atoms with Gasteiger partial charge in [0.2, 0.25) is 0 Å². The molecule has 1 heterocycles. The van der Waals surface area contributed by atoms with E-state index in [9.17, 15) is 9.59 Å². The van der Waals surface area contributed by atoms with Crippen LogP contribution < -0.4 is 10.4 Å². The quantitative estimate of drug-likeness (QED) is 0.104. The maximum Gasteiger partial charge on any atom is 0.344 e. The third kappa shape index (κ3) is 4.48. The van der Waals surface area contributed by atoms with E-state index in [-0.39, 0.29) is 5.92 Å². The number of ether oxygens (including phenoxy) is 1. The lowest BCUT2D eigenvalue weighted by Crippen LogP contribution is -2.26. The van der Waals surface area contributed by atoms with Gasteiger partial charge in [-0.3, -0.25) is 4.79 Å². The maximum atomic E-state index is 14.0. The smallest absolute Gasteiger partial charge is 0.344 e. The lowest BCUT2D eigenvalue weighted by molar-refractivity contribution is -0.136. The molecule has 0 aliphatic rings. The number of carbonyl (C=O) groups excluding carboxylic acids is 1. The van der Waals surface area contributed by atoms with Gasteiger partial charge in [0, 0.05) is 17.4 Å². The molecule has 0 aliphatic carbocycles. The van der Waals surface area contributed by atoms with Crippen molar-refractivity contribution in [1.29, 1.82) is 0 Å². The van der Waals surface area contributed by atoms with Crippen LogP contribution in [0.3, 0.4) is 0 Å². The van der Waals surface area contributed by atoms with E-state index in [0.717, 1.165) is 27.5 Å². The Kier molecular flexibility index (Phi) is 6.29. The van der Waals surface area contributed by atoms with Gasteiger partial charge in [0.1, 0.15) is 11.3 Å². The first-order valence-corrected chi connectivity index (χ1v) is 12.5. The summed E-state index contributed by atoms with van der Waals surface area (Å²) >= 11 is 0. The van der Waals surface area contributed by atoms with Crippen molar-refractivity contribution in [2.24, 2.45) is 0 Å². The van der Waals surface area contributed by atoms with Crippen LogP contribution in [0.15, 0.2) is 143 Å². The van der Waals surface area contributed by atoms with Crippen LogP contribution in [0.25, 0.3) is 21.7 Å². The second-order valence-electron chi connectivity index (χ2n) is 9.20. The zero-order valence-electron chi connectivity index (χ0n) is 20.5. The van der Waals surface area contributed by atoms with E-state index in [2.05, 4.69) is 0 Å². The van der Waals surface area contributed by atoms with Gasteiger partial charge in [0.05, 0.1) is 11.3 Å². The van der Waals surface area contributed by atoms with E-state index in [4.69, 9.17) is 9.15 Å². The fourth-order valence-corrected chi connectivity index (χ4v) is 5.13. The van der Waals surface area contributed by atoms with Crippen molar-refractivity contribution >= 4 is 27.7 Å². The van der Waals surface area contributed by atoms with Crippen molar-refractivity contribution in [2.45, 2.75) is 11.8 Å². The largest absolute Gasteiger partial charge is 0.426 e. The van der Waals surface area contributed by atoms with Gasteiger partial charge in [-0.25, -0.2) is 4.79 Å². The van der Waals surface area contributed by atoms with Crippen LogP contribution in [0.4, 0.5) is 0 Å². The van der Waals surface area contributed by atoms with Crippen LogP contribution in [0.5, 0.6) is 5.75 Å². The molecule has 0 spiro atoms. The summed E-state index contributed by atoms with van der Waals surface area (Å²) in [5, 5.41) is 2.10. The van der Waals surface area contributed by atoms with Crippen LogP contribution in [0.1, 0.15) is 28.5 Å². The van der Waals surface area contributed by atoms with Crippen LogP contribution in [0.2, 0.25) is 0 Å². The Balaban J connectivity index is 1.44. The van der Waals surface area contributed by atoms with Gasteiger partial charge in [-0.15, -0.1) is 0 Å². The first kappa shape index (κ1) is 23.4. The number of fused-ring (bicyclic) bond motifs is 3. The Bertz CT molecular complexity index is 1730. The van der Waals surface area contributed by atoms with Crippen molar-refractivity contribution < 1.29 is 13.9 Å². The molecule has 5 aromatic carbocycles. The molecule has 0 radical (unpaired) electrons. The molecular weight excluding hydrogens is 472 g/mol. The molecule has 6 aromatic rings. The minimum absolute atomic E-state index is 0.269. The predicted molar refractivity (Wildman–Crippen MR) is 150 cm³/mol. The topological polar surface area (TPSA) is 56.5 Å². The molecule has 0 saturated carbocycles. The lowest BCUT2D eigenvalue weighted by atomic mass is 9.77. The molecule has 0 fully saturated rings. The first-order chi connectivity index (χ1) is 18.7. The molecule has 184 valence electrons. The van der Waals surface area contributed by atoms with Crippen LogP contribution in [0, 0.1) is 0 Å². The number of esters is 1. The molecule has 0 aliphatic heterocycles. The molecule has 4 heteroatoms. The van der Waals surface area contributed by atoms with Crippen molar-refractivity contribution in [3.05, 3.63) is 161 Å². The number of hydrogen-bond acceptors (Lipinski definition) is 4. The lowest BCUT2D eigenvalue weighted by Gasteiger charge is -2.27. The van der Waals surface area contributed by atoms with Crippen molar-refractivity contribution in [3.63, 3.8) is 0 Å². The second-order valence-corrected chi connectivity index (χ2v) is 9.20. The average Bonchev–Trinajstić information content (AvgIpc) is 2.97. The second kappa shape index (κ2) is 10.2. The highest BCUT2D eigenvalue weighted by Crippen LogP contribution is 2.40. The van der Waals surface area contributed by atoms with Crippen LogP contribution in [-0.2, 0) is 4.79 Å². The molecule has 1 aromatic heterocycles. The summed E-state index contributed by atoms with van der Waals surface area (Å²) in [6, 6.07) is 42.2. The zero-order chi connectivity index (χ0) is 25.9. The molecule has 1 atom stereocenters. The summed E-state index contributed by atoms with van der Waals surface area (Å²) in [7, 11) is 0. The maximum absolute atomic E-state index is 14.0. The summed E-state index contributed by atoms with van der Waals surface area (Å²) in [5.74, 6) is -0.951. The van der Waals surface area contributed by atoms with E-state index < -0.39 is 17.5 Å². The Hall–Kier alpha value is -4.96. The zero-order valence-corrected chi connectivity index (χ0v) is 20.5. The fraction of sp³-hybridized carbons (Fsp3) is 0.0588. The molecule has 0 saturated heterocycles. The minimum atomic E-state index is -0.611. The van der Waals surface area contributed by atoms with Gasteiger partial charge in [-0.05, 0) is 40.3 Å². The molecule has 38 heavy (non-hydrogen) atoms. The summed E-state index contributed by atoms with van der Waals surface area (Å²) in [6.45, 7) is 0. The van der Waals surface area contributed by atoms with E-state index in [1.807, 2.05) is 109 Å². The van der Waals surface area contributed by atoms with Crippen molar-refractivity contribution in [2.75, 3.05) is 0 Å². The van der Waals surface area contributed by atoms with Gasteiger partial charge in [-0.1, -0.05) is 109 Å². The summed E-state index contributed by atoms with van der Waals surface area (Å²) in [5.41, 5.74) is 2.83. The molecular formula is C34H24O4. The van der Waals surface area contributed by atoms with Gasteiger partial charge >= 0.3 is 11.6 Å². The Labute approximate surface area is 219 Å². The number of benzene rings is 5. The average molecular weight is 497 g/mol. The number of hydrogen-bond donors (Lipinski definition) is 0. The Morgan fingerprint density at radius 3 is 1.71 bits per heavy atom. The molecule has 0 bridgehead atoms. The summed E-state index contributed by atoms with van der Waals surface area (Å²) < 4.78 is 11.6. The van der Waals surface area contributed by atoms with E-state index >= 15 is 0 Å². The third-order valence-electron chi connectivity index (χ3n) is 6.87. The molecule has 0 unspecified atom stereocenters. The summed E-state index contributed by atoms with van der Waals surface area (Å²) in [6.07, 6.45) is 0. The standard InChI is InChI=1S/C34H24O4/c35-33-29-19-11-10-18-27(29)28-21-20-26(22-30(28)38-33)37-34(36)32(25-16-8-3-9-17-25)31(23-12-4-1-5-13-23)24-14-6-2-7-15-24/h1-22,31-32H/t32-/m0/s1.